The highest BCUT2D eigenvalue weighted by Crippen LogP contribution is 2.34. The summed E-state index contributed by atoms with van der Waals surface area (Å²) in [5, 5.41) is 3.47. The number of amides is 3. The molecule has 2 aliphatic rings. The minimum atomic E-state index is -1.05. The first-order chi connectivity index (χ1) is 13.0. The Balaban J connectivity index is 1.56. The number of benzene rings is 2. The highest BCUT2D eigenvalue weighted by Gasteiger charge is 2.51. The standard InChI is InChI=1S/C21H22ClN3O2/c1-2-21(17-8-5-9-18(22)12-17)19(26)25(20(27)23-21)14-24-11-10-15-6-3-4-7-16(15)13-24/h3-9,12H,2,10-11,13-14H2,1H3,(H,23,27)/t21-/m1/s1. The average molecular weight is 384 g/mol. The van der Waals surface area contributed by atoms with Crippen molar-refractivity contribution in [2.24, 2.45) is 0 Å². The Morgan fingerprint density at radius 2 is 1.89 bits per heavy atom. The molecule has 1 fully saturated rings. The van der Waals surface area contributed by atoms with Gasteiger partial charge in [0.2, 0.25) is 0 Å². The fourth-order valence-corrected chi connectivity index (χ4v) is 4.21. The molecule has 0 radical (unpaired) electrons. The zero-order valence-corrected chi connectivity index (χ0v) is 16.0. The molecule has 1 saturated heterocycles. The lowest BCUT2D eigenvalue weighted by Crippen LogP contribution is -2.46. The molecule has 1 N–H and O–H groups in total. The van der Waals surface area contributed by atoms with E-state index in [0.29, 0.717) is 18.1 Å². The molecule has 0 aliphatic carbocycles. The number of hydrogen-bond acceptors (Lipinski definition) is 3. The van der Waals surface area contributed by atoms with Crippen LogP contribution < -0.4 is 5.32 Å². The number of carbonyl (C=O) groups is 2. The quantitative estimate of drug-likeness (QED) is 0.822. The third kappa shape index (κ3) is 3.11. The number of nitrogens with zero attached hydrogens (tertiary/aromatic N) is 2. The van der Waals surface area contributed by atoms with Gasteiger partial charge in [0.15, 0.2) is 0 Å². The van der Waals surface area contributed by atoms with Crippen molar-refractivity contribution in [3.05, 3.63) is 70.2 Å². The Labute approximate surface area is 163 Å². The second-order valence-electron chi connectivity index (χ2n) is 7.15. The molecule has 140 valence electrons. The van der Waals surface area contributed by atoms with Crippen LogP contribution in [0.5, 0.6) is 0 Å². The Morgan fingerprint density at radius 1 is 1.11 bits per heavy atom. The van der Waals surface area contributed by atoms with Gasteiger partial charge in [0, 0.05) is 18.1 Å². The second-order valence-corrected chi connectivity index (χ2v) is 7.58. The van der Waals surface area contributed by atoms with Crippen LogP contribution >= 0.6 is 11.6 Å². The van der Waals surface area contributed by atoms with Crippen LogP contribution in [0.3, 0.4) is 0 Å². The summed E-state index contributed by atoms with van der Waals surface area (Å²) in [6, 6.07) is 15.1. The van der Waals surface area contributed by atoms with Gasteiger partial charge in [-0.1, -0.05) is 54.9 Å². The van der Waals surface area contributed by atoms with Gasteiger partial charge in [-0.3, -0.25) is 9.69 Å². The summed E-state index contributed by atoms with van der Waals surface area (Å²) in [5.41, 5.74) is 2.28. The van der Waals surface area contributed by atoms with Crippen molar-refractivity contribution in [1.82, 2.24) is 15.1 Å². The van der Waals surface area contributed by atoms with Crippen LogP contribution in [0.1, 0.15) is 30.0 Å². The van der Waals surface area contributed by atoms with E-state index < -0.39 is 5.54 Å². The van der Waals surface area contributed by atoms with Crippen LogP contribution in [-0.4, -0.2) is 35.0 Å². The van der Waals surface area contributed by atoms with Crippen molar-refractivity contribution < 1.29 is 9.59 Å². The first-order valence-electron chi connectivity index (χ1n) is 9.23. The summed E-state index contributed by atoms with van der Waals surface area (Å²) in [5.74, 6) is -0.212. The predicted molar refractivity (Wildman–Crippen MR) is 104 cm³/mol. The first kappa shape index (κ1) is 18.0. The minimum Gasteiger partial charge on any atom is -0.319 e. The molecular weight excluding hydrogens is 362 g/mol. The molecule has 0 bridgehead atoms. The Kier molecular flexibility index (Phi) is 4.66. The van der Waals surface area contributed by atoms with E-state index in [1.165, 1.54) is 16.0 Å². The summed E-state index contributed by atoms with van der Waals surface area (Å²) in [4.78, 5) is 29.4. The van der Waals surface area contributed by atoms with Crippen LogP contribution in [-0.2, 0) is 23.3 Å². The van der Waals surface area contributed by atoms with E-state index in [1.807, 2.05) is 25.1 Å². The lowest BCUT2D eigenvalue weighted by Gasteiger charge is -2.31. The number of nitrogens with one attached hydrogen (secondary N) is 1. The highest BCUT2D eigenvalue weighted by molar-refractivity contribution is 6.30. The highest BCUT2D eigenvalue weighted by atomic mass is 35.5. The maximum absolute atomic E-state index is 13.3. The molecule has 2 aromatic rings. The van der Waals surface area contributed by atoms with E-state index in [-0.39, 0.29) is 11.9 Å². The SMILES string of the molecule is CC[C@]1(c2cccc(Cl)c2)NC(=O)N(CN2CCc3ccccc3C2)C1=O. The topological polar surface area (TPSA) is 52.7 Å². The largest absolute Gasteiger partial charge is 0.326 e. The Morgan fingerprint density at radius 3 is 2.63 bits per heavy atom. The fraction of sp³-hybridized carbons (Fsp3) is 0.333. The van der Waals surface area contributed by atoms with Gasteiger partial charge >= 0.3 is 6.03 Å². The van der Waals surface area contributed by atoms with E-state index in [0.717, 1.165) is 25.1 Å². The molecule has 3 amide bonds. The monoisotopic (exact) mass is 383 g/mol. The molecule has 2 heterocycles. The number of hydrogen-bond donors (Lipinski definition) is 1. The molecule has 4 rings (SSSR count). The Bertz CT molecular complexity index is 901. The molecule has 0 unspecified atom stereocenters. The number of imide groups is 1. The molecular formula is C21H22ClN3O2. The van der Waals surface area contributed by atoms with Crippen LogP contribution in [0.25, 0.3) is 0 Å². The number of halogens is 1. The van der Waals surface area contributed by atoms with Crippen LogP contribution in [0, 0.1) is 0 Å². The third-order valence-electron chi connectivity index (χ3n) is 5.57. The van der Waals surface area contributed by atoms with Crippen molar-refractivity contribution in [3.8, 4) is 0 Å². The molecule has 27 heavy (non-hydrogen) atoms. The second kappa shape index (κ2) is 6.98. The zero-order chi connectivity index (χ0) is 19.0. The Hall–Kier alpha value is -2.37. The third-order valence-corrected chi connectivity index (χ3v) is 5.81. The van der Waals surface area contributed by atoms with E-state index in [2.05, 4.69) is 22.3 Å². The summed E-state index contributed by atoms with van der Waals surface area (Å²) in [6.07, 6.45) is 1.39. The molecule has 6 heteroatoms. The van der Waals surface area contributed by atoms with Gasteiger partial charge in [0.05, 0.1) is 6.67 Å². The van der Waals surface area contributed by atoms with E-state index in [4.69, 9.17) is 11.6 Å². The van der Waals surface area contributed by atoms with Crippen molar-refractivity contribution in [3.63, 3.8) is 0 Å². The van der Waals surface area contributed by atoms with Gasteiger partial charge in [-0.2, -0.15) is 0 Å². The van der Waals surface area contributed by atoms with Gasteiger partial charge < -0.3 is 5.32 Å². The molecule has 0 spiro atoms. The maximum atomic E-state index is 13.3. The summed E-state index contributed by atoms with van der Waals surface area (Å²) in [6.45, 7) is 3.76. The van der Waals surface area contributed by atoms with Crippen molar-refractivity contribution in [2.75, 3.05) is 13.2 Å². The lowest BCUT2D eigenvalue weighted by atomic mass is 9.87. The number of fused-ring (bicyclic) bond motifs is 1. The fourth-order valence-electron chi connectivity index (χ4n) is 4.02. The first-order valence-corrected chi connectivity index (χ1v) is 9.60. The molecule has 0 saturated carbocycles. The maximum Gasteiger partial charge on any atom is 0.326 e. The smallest absolute Gasteiger partial charge is 0.319 e. The van der Waals surface area contributed by atoms with Crippen molar-refractivity contribution >= 4 is 23.5 Å². The van der Waals surface area contributed by atoms with E-state index >= 15 is 0 Å². The van der Waals surface area contributed by atoms with Crippen LogP contribution in [0.15, 0.2) is 48.5 Å². The minimum absolute atomic E-state index is 0.212. The molecule has 0 aromatic heterocycles. The molecule has 2 aromatic carbocycles. The van der Waals surface area contributed by atoms with Crippen LogP contribution in [0.2, 0.25) is 5.02 Å². The van der Waals surface area contributed by atoms with Gasteiger partial charge in [-0.15, -0.1) is 0 Å². The normalized spacial score (nSPS) is 22.7. The molecule has 1 atom stereocenters. The number of rotatable bonds is 4. The summed E-state index contributed by atoms with van der Waals surface area (Å²) in [7, 11) is 0. The molecule has 5 nitrogen and oxygen atoms in total. The molecule has 2 aliphatic heterocycles. The number of carbonyl (C=O) groups excluding carboxylic acids is 2. The van der Waals surface area contributed by atoms with Gasteiger partial charge in [0.25, 0.3) is 5.91 Å². The zero-order valence-electron chi connectivity index (χ0n) is 15.2. The average Bonchev–Trinajstić information content (AvgIpc) is 2.93. The van der Waals surface area contributed by atoms with Gasteiger partial charge in [0.1, 0.15) is 5.54 Å². The van der Waals surface area contributed by atoms with Crippen molar-refractivity contribution in [1.29, 1.82) is 0 Å². The summed E-state index contributed by atoms with van der Waals surface area (Å²) >= 11 is 6.12. The lowest BCUT2D eigenvalue weighted by molar-refractivity contribution is -0.133. The summed E-state index contributed by atoms with van der Waals surface area (Å²) < 4.78 is 0. The number of urea groups is 1. The van der Waals surface area contributed by atoms with Gasteiger partial charge in [-0.25, -0.2) is 9.69 Å². The van der Waals surface area contributed by atoms with E-state index in [9.17, 15) is 9.59 Å². The van der Waals surface area contributed by atoms with Crippen LogP contribution in [0.4, 0.5) is 4.79 Å². The van der Waals surface area contributed by atoms with Gasteiger partial charge in [-0.05, 0) is 41.7 Å². The van der Waals surface area contributed by atoms with E-state index in [1.54, 1.807) is 18.2 Å². The predicted octanol–water partition coefficient (Wildman–Crippen LogP) is 3.51. The van der Waals surface area contributed by atoms with Crippen molar-refractivity contribution in [2.45, 2.75) is 31.8 Å².